The highest BCUT2D eigenvalue weighted by Crippen LogP contribution is 2.17. The third kappa shape index (κ3) is 5.07. The molecular formula is C21H26N2O2. The van der Waals surface area contributed by atoms with Crippen LogP contribution in [0.5, 0.6) is 5.75 Å². The third-order valence-corrected chi connectivity index (χ3v) is 4.71. The molecule has 0 spiro atoms. The van der Waals surface area contributed by atoms with Gasteiger partial charge in [-0.3, -0.25) is 4.90 Å². The van der Waals surface area contributed by atoms with E-state index >= 15 is 0 Å². The molecule has 1 aliphatic rings. The van der Waals surface area contributed by atoms with Crippen molar-refractivity contribution in [2.75, 3.05) is 13.1 Å². The lowest BCUT2D eigenvalue weighted by atomic mass is 10.1. The first-order valence-corrected chi connectivity index (χ1v) is 8.96. The Morgan fingerprint density at radius 2 is 1.60 bits per heavy atom. The van der Waals surface area contributed by atoms with Gasteiger partial charge in [-0.05, 0) is 73.8 Å². The number of likely N-dealkylation sites (tertiary alicyclic amines) is 1. The predicted octanol–water partition coefficient (Wildman–Crippen LogP) is 4.45. The molecule has 2 aromatic carbocycles. The Balaban J connectivity index is 1.51. The molecule has 0 radical (unpaired) electrons. The molecule has 132 valence electrons. The van der Waals surface area contributed by atoms with Crippen LogP contribution < -0.4 is 4.74 Å². The molecule has 25 heavy (non-hydrogen) atoms. The van der Waals surface area contributed by atoms with E-state index in [4.69, 9.17) is 9.94 Å². The lowest BCUT2D eigenvalue weighted by molar-refractivity contribution is 0.221. The minimum absolute atomic E-state index is 0.552. The van der Waals surface area contributed by atoms with Crippen LogP contribution in [0.15, 0.2) is 53.7 Å². The van der Waals surface area contributed by atoms with Crippen molar-refractivity contribution in [3.8, 4) is 5.75 Å². The predicted molar refractivity (Wildman–Crippen MR) is 100 cm³/mol. The van der Waals surface area contributed by atoms with Crippen LogP contribution in [-0.2, 0) is 13.2 Å². The first kappa shape index (κ1) is 17.5. The Morgan fingerprint density at radius 1 is 0.960 bits per heavy atom. The molecule has 1 saturated heterocycles. The van der Waals surface area contributed by atoms with E-state index < -0.39 is 0 Å². The van der Waals surface area contributed by atoms with Crippen molar-refractivity contribution >= 4 is 5.71 Å². The quantitative estimate of drug-likeness (QED) is 0.481. The molecule has 4 nitrogen and oxygen atoms in total. The van der Waals surface area contributed by atoms with E-state index in [9.17, 15) is 0 Å². The van der Waals surface area contributed by atoms with Crippen molar-refractivity contribution in [3.63, 3.8) is 0 Å². The second-order valence-corrected chi connectivity index (χ2v) is 6.65. The van der Waals surface area contributed by atoms with Crippen LogP contribution in [0.4, 0.5) is 0 Å². The fraction of sp³-hybridized carbons (Fsp3) is 0.381. The summed E-state index contributed by atoms with van der Waals surface area (Å²) in [6.45, 7) is 5.81. The largest absolute Gasteiger partial charge is 0.489 e. The highest BCUT2D eigenvalue weighted by atomic mass is 16.5. The first-order chi connectivity index (χ1) is 12.2. The van der Waals surface area contributed by atoms with Crippen LogP contribution in [0.2, 0.25) is 0 Å². The standard InChI is InChI=1S/C21H26N2O2/c1-17(22-24)20-9-11-21(12-10-20)25-16-19-7-5-18(6-8-19)15-23-13-3-2-4-14-23/h5-12,24H,2-4,13-16H2,1H3/b22-17+. The summed E-state index contributed by atoms with van der Waals surface area (Å²) in [5.41, 5.74) is 4.01. The van der Waals surface area contributed by atoms with Crippen molar-refractivity contribution in [1.82, 2.24) is 4.90 Å². The fourth-order valence-electron chi connectivity index (χ4n) is 3.13. The normalized spacial score (nSPS) is 16.0. The lowest BCUT2D eigenvalue weighted by Crippen LogP contribution is -2.29. The molecule has 0 amide bonds. The van der Waals surface area contributed by atoms with Crippen molar-refractivity contribution in [2.45, 2.75) is 39.3 Å². The monoisotopic (exact) mass is 338 g/mol. The van der Waals surface area contributed by atoms with E-state index in [1.165, 1.54) is 43.5 Å². The molecular weight excluding hydrogens is 312 g/mol. The fourth-order valence-corrected chi connectivity index (χ4v) is 3.13. The van der Waals surface area contributed by atoms with Gasteiger partial charge in [-0.15, -0.1) is 0 Å². The molecule has 1 heterocycles. The summed E-state index contributed by atoms with van der Waals surface area (Å²) in [6.07, 6.45) is 4.03. The van der Waals surface area contributed by atoms with E-state index in [2.05, 4.69) is 34.3 Å². The molecule has 0 bridgehead atoms. The van der Waals surface area contributed by atoms with Crippen LogP contribution >= 0.6 is 0 Å². The maximum absolute atomic E-state index is 8.79. The number of ether oxygens (including phenoxy) is 1. The van der Waals surface area contributed by atoms with Crippen molar-refractivity contribution < 1.29 is 9.94 Å². The third-order valence-electron chi connectivity index (χ3n) is 4.71. The molecule has 3 rings (SSSR count). The number of rotatable bonds is 6. The average Bonchev–Trinajstić information content (AvgIpc) is 2.68. The van der Waals surface area contributed by atoms with Crippen LogP contribution in [0.1, 0.15) is 42.9 Å². The van der Waals surface area contributed by atoms with Gasteiger partial charge in [-0.1, -0.05) is 35.8 Å². The maximum atomic E-state index is 8.79. The molecule has 0 saturated carbocycles. The van der Waals surface area contributed by atoms with Crippen LogP contribution in [-0.4, -0.2) is 28.9 Å². The van der Waals surface area contributed by atoms with E-state index in [1.54, 1.807) is 6.92 Å². The van der Waals surface area contributed by atoms with E-state index in [0.717, 1.165) is 17.9 Å². The molecule has 1 aliphatic heterocycles. The molecule has 0 atom stereocenters. The summed E-state index contributed by atoms with van der Waals surface area (Å²) in [5.74, 6) is 0.812. The second kappa shape index (κ2) is 8.67. The summed E-state index contributed by atoms with van der Waals surface area (Å²) in [4.78, 5) is 2.54. The van der Waals surface area contributed by atoms with Gasteiger partial charge in [0.1, 0.15) is 12.4 Å². The molecule has 1 fully saturated rings. The SMILES string of the molecule is C/C(=N\O)c1ccc(OCc2ccc(CN3CCCCC3)cc2)cc1. The number of hydrogen-bond donors (Lipinski definition) is 1. The van der Waals surface area contributed by atoms with Gasteiger partial charge < -0.3 is 9.94 Å². The zero-order valence-electron chi connectivity index (χ0n) is 14.8. The van der Waals surface area contributed by atoms with Crippen molar-refractivity contribution in [1.29, 1.82) is 0 Å². The first-order valence-electron chi connectivity index (χ1n) is 8.96. The van der Waals surface area contributed by atoms with Gasteiger partial charge in [0.2, 0.25) is 0 Å². The summed E-state index contributed by atoms with van der Waals surface area (Å²) < 4.78 is 5.84. The minimum Gasteiger partial charge on any atom is -0.489 e. The number of hydrogen-bond acceptors (Lipinski definition) is 4. The average molecular weight is 338 g/mol. The van der Waals surface area contributed by atoms with E-state index in [0.29, 0.717) is 12.3 Å². The van der Waals surface area contributed by atoms with Crippen molar-refractivity contribution in [2.24, 2.45) is 5.16 Å². The van der Waals surface area contributed by atoms with E-state index in [1.807, 2.05) is 24.3 Å². The number of oxime groups is 1. The smallest absolute Gasteiger partial charge is 0.119 e. The Morgan fingerprint density at radius 3 is 2.24 bits per heavy atom. The van der Waals surface area contributed by atoms with Gasteiger partial charge in [-0.25, -0.2) is 0 Å². The number of benzene rings is 2. The topological polar surface area (TPSA) is 45.1 Å². The maximum Gasteiger partial charge on any atom is 0.119 e. The molecule has 0 aromatic heterocycles. The van der Waals surface area contributed by atoms with E-state index in [-0.39, 0.29) is 0 Å². The van der Waals surface area contributed by atoms with Crippen LogP contribution in [0, 0.1) is 0 Å². The summed E-state index contributed by atoms with van der Waals surface area (Å²) in [7, 11) is 0. The van der Waals surface area contributed by atoms with Gasteiger partial charge in [0.25, 0.3) is 0 Å². The van der Waals surface area contributed by atoms with Crippen LogP contribution in [0.25, 0.3) is 0 Å². The Bertz CT molecular complexity index is 687. The zero-order chi connectivity index (χ0) is 17.5. The van der Waals surface area contributed by atoms with Gasteiger partial charge >= 0.3 is 0 Å². The zero-order valence-corrected chi connectivity index (χ0v) is 14.8. The summed E-state index contributed by atoms with van der Waals surface area (Å²) in [5, 5.41) is 12.0. The second-order valence-electron chi connectivity index (χ2n) is 6.65. The molecule has 0 unspecified atom stereocenters. The Kier molecular flexibility index (Phi) is 6.07. The van der Waals surface area contributed by atoms with Gasteiger partial charge in [-0.2, -0.15) is 0 Å². The molecule has 4 heteroatoms. The van der Waals surface area contributed by atoms with Crippen LogP contribution in [0.3, 0.4) is 0 Å². The summed E-state index contributed by atoms with van der Waals surface area (Å²) >= 11 is 0. The highest BCUT2D eigenvalue weighted by molar-refractivity contribution is 5.98. The van der Waals surface area contributed by atoms with Gasteiger partial charge in [0.15, 0.2) is 0 Å². The molecule has 2 aromatic rings. The lowest BCUT2D eigenvalue weighted by Gasteiger charge is -2.26. The van der Waals surface area contributed by atoms with Gasteiger partial charge in [0.05, 0.1) is 5.71 Å². The van der Waals surface area contributed by atoms with Crippen molar-refractivity contribution in [3.05, 3.63) is 65.2 Å². The Hall–Kier alpha value is -2.33. The summed E-state index contributed by atoms with van der Waals surface area (Å²) in [6, 6.07) is 16.3. The highest BCUT2D eigenvalue weighted by Gasteiger charge is 2.10. The number of nitrogens with zero attached hydrogens (tertiary/aromatic N) is 2. The molecule has 0 aliphatic carbocycles. The molecule has 1 N–H and O–H groups in total. The Labute approximate surface area is 149 Å². The number of piperidine rings is 1. The van der Waals surface area contributed by atoms with Gasteiger partial charge in [0, 0.05) is 6.54 Å². The minimum atomic E-state index is 0.552.